The fourth-order valence-corrected chi connectivity index (χ4v) is 4.45. The molecular formula is C25H23FN4O3S. The van der Waals surface area contributed by atoms with E-state index in [9.17, 15) is 17.6 Å². The van der Waals surface area contributed by atoms with Gasteiger partial charge in [0.05, 0.1) is 17.6 Å². The number of nitrogens with one attached hydrogen (secondary N) is 2. The Bertz CT molecular complexity index is 1350. The van der Waals surface area contributed by atoms with Crippen LogP contribution in [0.25, 0.3) is 0 Å². The van der Waals surface area contributed by atoms with Gasteiger partial charge in [0.25, 0.3) is 10.0 Å². The van der Waals surface area contributed by atoms with Gasteiger partial charge in [0.15, 0.2) is 0 Å². The SMILES string of the molecule is O=C(Cc1ccc(NS(=O)(=O)c2ccc(F)cc2)cc1)NCc1cccc(Cn2ccnc2)c1. The van der Waals surface area contributed by atoms with Crippen molar-refractivity contribution in [3.05, 3.63) is 114 Å². The van der Waals surface area contributed by atoms with Crippen LogP contribution in [0.4, 0.5) is 10.1 Å². The van der Waals surface area contributed by atoms with Crippen LogP contribution in [0.1, 0.15) is 16.7 Å². The number of carbonyl (C=O) groups excluding carboxylic acids is 1. The molecular weight excluding hydrogens is 455 g/mol. The minimum absolute atomic E-state index is 0.0357. The Morgan fingerprint density at radius 3 is 2.38 bits per heavy atom. The summed E-state index contributed by atoms with van der Waals surface area (Å²) >= 11 is 0. The van der Waals surface area contributed by atoms with E-state index in [1.807, 2.05) is 35.0 Å². The van der Waals surface area contributed by atoms with E-state index in [1.165, 1.54) is 12.1 Å². The van der Waals surface area contributed by atoms with Crippen molar-refractivity contribution in [1.29, 1.82) is 0 Å². The van der Waals surface area contributed by atoms with Crippen LogP contribution >= 0.6 is 0 Å². The second-order valence-electron chi connectivity index (χ2n) is 7.76. The molecule has 0 saturated heterocycles. The van der Waals surface area contributed by atoms with E-state index in [2.05, 4.69) is 15.0 Å². The maximum Gasteiger partial charge on any atom is 0.261 e. The average Bonchev–Trinajstić information content (AvgIpc) is 3.32. The minimum Gasteiger partial charge on any atom is -0.352 e. The van der Waals surface area contributed by atoms with E-state index in [4.69, 9.17) is 0 Å². The van der Waals surface area contributed by atoms with Crippen LogP contribution in [0.15, 0.2) is 96.4 Å². The molecule has 2 N–H and O–H groups in total. The van der Waals surface area contributed by atoms with Crippen molar-refractivity contribution in [3.8, 4) is 0 Å². The predicted octanol–water partition coefficient (Wildman–Crippen LogP) is 3.73. The summed E-state index contributed by atoms with van der Waals surface area (Å²) in [7, 11) is -3.83. The van der Waals surface area contributed by atoms with Crippen molar-refractivity contribution in [2.45, 2.75) is 24.4 Å². The highest BCUT2D eigenvalue weighted by atomic mass is 32.2. The topological polar surface area (TPSA) is 93.1 Å². The number of carbonyl (C=O) groups is 1. The van der Waals surface area contributed by atoms with Gasteiger partial charge >= 0.3 is 0 Å². The molecule has 9 heteroatoms. The molecule has 1 heterocycles. The number of benzene rings is 3. The molecule has 0 fully saturated rings. The fourth-order valence-electron chi connectivity index (χ4n) is 3.40. The molecule has 0 spiro atoms. The standard InChI is InChI=1S/C25H23FN4O3S/c26-22-6-10-24(11-7-22)34(32,33)29-23-8-4-19(5-9-23)15-25(31)28-16-20-2-1-3-21(14-20)17-30-13-12-27-18-30/h1-14,18,29H,15-17H2,(H,28,31). The molecule has 0 aliphatic rings. The molecule has 1 aromatic heterocycles. The van der Waals surface area contributed by atoms with Gasteiger partial charge in [0.1, 0.15) is 5.82 Å². The van der Waals surface area contributed by atoms with Crippen LogP contribution in [0.5, 0.6) is 0 Å². The van der Waals surface area contributed by atoms with Crippen LogP contribution in [-0.4, -0.2) is 23.9 Å². The van der Waals surface area contributed by atoms with Crippen molar-refractivity contribution in [3.63, 3.8) is 0 Å². The van der Waals surface area contributed by atoms with Crippen LogP contribution < -0.4 is 10.0 Å². The van der Waals surface area contributed by atoms with Gasteiger partial charge in [-0.05, 0) is 53.1 Å². The molecule has 3 aromatic carbocycles. The summed E-state index contributed by atoms with van der Waals surface area (Å²) in [4.78, 5) is 16.4. The number of aromatic nitrogens is 2. The van der Waals surface area contributed by atoms with E-state index >= 15 is 0 Å². The molecule has 7 nitrogen and oxygen atoms in total. The summed E-state index contributed by atoms with van der Waals surface area (Å²) in [6, 6.07) is 19.1. The number of anilines is 1. The highest BCUT2D eigenvalue weighted by Crippen LogP contribution is 2.17. The molecule has 0 aliphatic carbocycles. The Balaban J connectivity index is 1.29. The van der Waals surface area contributed by atoms with Crippen molar-refractivity contribution in [1.82, 2.24) is 14.9 Å². The van der Waals surface area contributed by atoms with Crippen LogP contribution in [0.3, 0.4) is 0 Å². The molecule has 0 aliphatic heterocycles. The third-order valence-electron chi connectivity index (χ3n) is 5.10. The van der Waals surface area contributed by atoms with E-state index in [0.29, 0.717) is 18.8 Å². The smallest absolute Gasteiger partial charge is 0.261 e. The van der Waals surface area contributed by atoms with Gasteiger partial charge in [-0.3, -0.25) is 9.52 Å². The fraction of sp³-hybridized carbons (Fsp3) is 0.120. The van der Waals surface area contributed by atoms with E-state index < -0.39 is 15.8 Å². The Labute approximate surface area is 197 Å². The number of nitrogens with zero attached hydrogens (tertiary/aromatic N) is 2. The van der Waals surface area contributed by atoms with Gasteiger partial charge in [0.2, 0.25) is 5.91 Å². The lowest BCUT2D eigenvalue weighted by atomic mass is 10.1. The van der Waals surface area contributed by atoms with Gasteiger partial charge in [-0.15, -0.1) is 0 Å². The Kier molecular flexibility index (Phi) is 7.03. The van der Waals surface area contributed by atoms with Crippen LogP contribution in [-0.2, 0) is 34.3 Å². The lowest BCUT2D eigenvalue weighted by molar-refractivity contribution is -0.120. The summed E-state index contributed by atoms with van der Waals surface area (Å²) in [5, 5.41) is 2.91. The minimum atomic E-state index is -3.83. The Morgan fingerprint density at radius 1 is 0.941 bits per heavy atom. The Morgan fingerprint density at radius 2 is 1.68 bits per heavy atom. The first-order chi connectivity index (χ1) is 16.4. The molecule has 0 saturated carbocycles. The van der Waals surface area contributed by atoms with Gasteiger partial charge in [-0.2, -0.15) is 0 Å². The largest absolute Gasteiger partial charge is 0.352 e. The lowest BCUT2D eigenvalue weighted by Gasteiger charge is -2.10. The van der Waals surface area contributed by atoms with E-state index in [-0.39, 0.29) is 17.2 Å². The van der Waals surface area contributed by atoms with E-state index in [0.717, 1.165) is 28.8 Å². The van der Waals surface area contributed by atoms with E-state index in [1.54, 1.807) is 36.8 Å². The molecule has 34 heavy (non-hydrogen) atoms. The highest BCUT2D eigenvalue weighted by molar-refractivity contribution is 7.92. The molecule has 0 atom stereocenters. The number of hydrogen-bond acceptors (Lipinski definition) is 4. The molecule has 0 unspecified atom stereocenters. The third kappa shape index (κ3) is 6.29. The molecule has 4 rings (SSSR count). The number of imidazole rings is 1. The number of sulfonamides is 1. The maximum atomic E-state index is 13.0. The average molecular weight is 479 g/mol. The monoisotopic (exact) mass is 478 g/mol. The highest BCUT2D eigenvalue weighted by Gasteiger charge is 2.14. The van der Waals surface area contributed by atoms with Crippen LogP contribution in [0.2, 0.25) is 0 Å². The van der Waals surface area contributed by atoms with Crippen molar-refractivity contribution in [2.75, 3.05) is 4.72 Å². The molecule has 0 radical (unpaired) electrons. The number of amides is 1. The normalized spacial score (nSPS) is 11.2. The second kappa shape index (κ2) is 10.3. The lowest BCUT2D eigenvalue weighted by Crippen LogP contribution is -2.24. The zero-order valence-corrected chi connectivity index (χ0v) is 19.0. The summed E-state index contributed by atoms with van der Waals surface area (Å²) in [6.07, 6.45) is 5.55. The summed E-state index contributed by atoms with van der Waals surface area (Å²) in [5.41, 5.74) is 3.21. The van der Waals surface area contributed by atoms with Crippen molar-refractivity contribution in [2.24, 2.45) is 0 Å². The predicted molar refractivity (Wildman–Crippen MR) is 127 cm³/mol. The summed E-state index contributed by atoms with van der Waals surface area (Å²) in [5.74, 6) is -0.650. The first-order valence-corrected chi connectivity index (χ1v) is 12.0. The summed E-state index contributed by atoms with van der Waals surface area (Å²) in [6.45, 7) is 1.12. The van der Waals surface area contributed by atoms with Gasteiger partial charge in [-0.25, -0.2) is 17.8 Å². The molecule has 174 valence electrons. The zero-order chi connectivity index (χ0) is 24.0. The first kappa shape index (κ1) is 23.2. The van der Waals surface area contributed by atoms with Crippen LogP contribution in [0, 0.1) is 5.82 Å². The van der Waals surface area contributed by atoms with Gasteiger partial charge in [0, 0.05) is 31.2 Å². The zero-order valence-electron chi connectivity index (χ0n) is 18.2. The van der Waals surface area contributed by atoms with Crippen molar-refractivity contribution < 1.29 is 17.6 Å². The molecule has 4 aromatic rings. The number of halogens is 1. The quantitative estimate of drug-likeness (QED) is 0.383. The number of hydrogen-bond donors (Lipinski definition) is 2. The number of rotatable bonds is 9. The third-order valence-corrected chi connectivity index (χ3v) is 6.50. The molecule has 1 amide bonds. The second-order valence-corrected chi connectivity index (χ2v) is 9.45. The summed E-state index contributed by atoms with van der Waals surface area (Å²) < 4.78 is 42.3. The molecule has 0 bridgehead atoms. The van der Waals surface area contributed by atoms with Gasteiger partial charge in [-0.1, -0.05) is 36.4 Å². The van der Waals surface area contributed by atoms with Gasteiger partial charge < -0.3 is 9.88 Å². The Hall–Kier alpha value is -3.98. The first-order valence-electron chi connectivity index (χ1n) is 10.5. The van der Waals surface area contributed by atoms with Crippen molar-refractivity contribution >= 4 is 21.6 Å². The maximum absolute atomic E-state index is 13.0.